The topological polar surface area (TPSA) is 67.9 Å². The molecule has 1 aliphatic heterocycles. The Kier molecular flexibility index (Phi) is 6.20. The lowest BCUT2D eigenvalue weighted by Gasteiger charge is -2.35. The van der Waals surface area contributed by atoms with Crippen molar-refractivity contribution in [2.24, 2.45) is 0 Å². The van der Waals surface area contributed by atoms with Gasteiger partial charge in [0.25, 0.3) is 0 Å². The zero-order valence-corrected chi connectivity index (χ0v) is 15.6. The minimum Gasteiger partial charge on any atom is -0.466 e. The first-order valence-electron chi connectivity index (χ1n) is 8.25. The van der Waals surface area contributed by atoms with Crippen molar-refractivity contribution in [3.05, 3.63) is 52.7 Å². The molecular formula is C19H22F2N2O4. The van der Waals surface area contributed by atoms with Crippen molar-refractivity contribution in [3.8, 4) is 5.75 Å². The van der Waals surface area contributed by atoms with Gasteiger partial charge in [-0.15, -0.1) is 6.58 Å². The Balaban J connectivity index is 2.57. The number of urea groups is 1. The van der Waals surface area contributed by atoms with Crippen LogP contribution < -0.4 is 10.1 Å². The zero-order valence-electron chi connectivity index (χ0n) is 15.6. The summed E-state index contributed by atoms with van der Waals surface area (Å²) in [6.45, 7) is 5.79. The normalized spacial score (nSPS) is 17.1. The van der Waals surface area contributed by atoms with Gasteiger partial charge in [-0.3, -0.25) is 4.90 Å². The van der Waals surface area contributed by atoms with Crippen molar-refractivity contribution in [3.63, 3.8) is 0 Å². The summed E-state index contributed by atoms with van der Waals surface area (Å²) in [6, 6.07) is 2.04. The van der Waals surface area contributed by atoms with Crippen LogP contribution in [-0.4, -0.2) is 37.2 Å². The lowest BCUT2D eigenvalue weighted by molar-refractivity contribution is -0.136. The van der Waals surface area contributed by atoms with Gasteiger partial charge >= 0.3 is 18.6 Å². The van der Waals surface area contributed by atoms with Crippen molar-refractivity contribution < 1.29 is 27.8 Å². The Hall–Kier alpha value is -2.90. The van der Waals surface area contributed by atoms with Crippen LogP contribution in [0, 0.1) is 13.8 Å². The molecule has 0 bridgehead atoms. The molecule has 0 aliphatic carbocycles. The summed E-state index contributed by atoms with van der Waals surface area (Å²) in [7, 11) is 1.25. The fourth-order valence-electron chi connectivity index (χ4n) is 3.18. The van der Waals surface area contributed by atoms with E-state index >= 15 is 0 Å². The molecule has 0 aromatic heterocycles. The van der Waals surface area contributed by atoms with E-state index in [1.54, 1.807) is 39.0 Å². The van der Waals surface area contributed by atoms with Gasteiger partial charge in [-0.2, -0.15) is 8.78 Å². The minimum atomic E-state index is -2.94. The minimum absolute atomic E-state index is 0.0736. The van der Waals surface area contributed by atoms with Gasteiger partial charge in [-0.05, 0) is 49.6 Å². The van der Waals surface area contributed by atoms with E-state index in [1.807, 2.05) is 0 Å². The maximum Gasteiger partial charge on any atom is 0.387 e. The molecule has 1 atom stereocenters. The number of allylic oxidation sites excluding steroid dienone is 1. The Morgan fingerprint density at radius 2 is 1.93 bits per heavy atom. The lowest BCUT2D eigenvalue weighted by Crippen LogP contribution is -2.48. The quantitative estimate of drug-likeness (QED) is 0.605. The highest BCUT2D eigenvalue weighted by Gasteiger charge is 2.36. The van der Waals surface area contributed by atoms with E-state index in [4.69, 9.17) is 4.74 Å². The standard InChI is InChI=1S/C19H22F2N2O4/c1-6-7-23-12(4)14(17(24)26-5)15(22-19(23)25)13-8-10(2)16(11(3)9-13)27-18(20)21/h6,8-9,15,18H,1,7H2,2-5H3,(H,22,25)/t15-/m1/s1. The van der Waals surface area contributed by atoms with Crippen molar-refractivity contribution >= 4 is 12.0 Å². The predicted molar refractivity (Wildman–Crippen MR) is 95.4 cm³/mol. The Morgan fingerprint density at radius 3 is 2.41 bits per heavy atom. The van der Waals surface area contributed by atoms with Crippen molar-refractivity contribution in [2.45, 2.75) is 33.4 Å². The number of benzene rings is 1. The van der Waals surface area contributed by atoms with Crippen LogP contribution in [0.2, 0.25) is 0 Å². The van der Waals surface area contributed by atoms with Crippen LogP contribution in [-0.2, 0) is 9.53 Å². The molecule has 1 N–H and O–H groups in total. The van der Waals surface area contributed by atoms with Gasteiger partial charge in [0.05, 0.1) is 18.7 Å². The second kappa shape index (κ2) is 8.20. The molecule has 146 valence electrons. The van der Waals surface area contributed by atoms with Crippen LogP contribution in [0.25, 0.3) is 0 Å². The highest BCUT2D eigenvalue weighted by molar-refractivity contribution is 5.95. The number of nitrogens with one attached hydrogen (secondary N) is 1. The summed E-state index contributed by atoms with van der Waals surface area (Å²) in [4.78, 5) is 26.2. The van der Waals surface area contributed by atoms with Gasteiger partial charge in [0.2, 0.25) is 0 Å². The average molecular weight is 380 g/mol. The first kappa shape index (κ1) is 20.4. The van der Waals surface area contributed by atoms with Crippen molar-refractivity contribution in [1.29, 1.82) is 0 Å². The number of esters is 1. The fourth-order valence-corrected chi connectivity index (χ4v) is 3.18. The first-order chi connectivity index (χ1) is 12.7. The summed E-state index contributed by atoms with van der Waals surface area (Å²) < 4.78 is 34.7. The third-order valence-corrected chi connectivity index (χ3v) is 4.34. The lowest BCUT2D eigenvalue weighted by atomic mass is 9.92. The summed E-state index contributed by atoms with van der Waals surface area (Å²) in [6.07, 6.45) is 1.54. The fraction of sp³-hybridized carbons (Fsp3) is 0.368. The number of amides is 2. The van der Waals surface area contributed by atoms with E-state index in [-0.39, 0.29) is 17.9 Å². The molecule has 27 heavy (non-hydrogen) atoms. The number of nitrogens with zero attached hydrogens (tertiary/aromatic N) is 1. The molecule has 1 aromatic carbocycles. The smallest absolute Gasteiger partial charge is 0.387 e. The molecule has 1 aromatic rings. The number of rotatable bonds is 6. The summed E-state index contributed by atoms with van der Waals surface area (Å²) >= 11 is 0. The van der Waals surface area contributed by atoms with Crippen LogP contribution in [0.3, 0.4) is 0 Å². The van der Waals surface area contributed by atoms with Gasteiger partial charge in [0.15, 0.2) is 0 Å². The molecule has 6 nitrogen and oxygen atoms in total. The van der Waals surface area contributed by atoms with Crippen LogP contribution >= 0.6 is 0 Å². The molecule has 2 rings (SSSR count). The zero-order chi connectivity index (χ0) is 20.3. The molecule has 1 heterocycles. The molecule has 0 spiro atoms. The summed E-state index contributed by atoms with van der Waals surface area (Å²) in [5, 5.41) is 2.77. The highest BCUT2D eigenvalue weighted by atomic mass is 19.3. The Bertz CT molecular complexity index is 782. The molecule has 0 radical (unpaired) electrons. The Labute approximate surface area is 156 Å². The van der Waals surface area contributed by atoms with Crippen LogP contribution in [0.1, 0.15) is 29.7 Å². The number of methoxy groups -OCH3 is 1. The highest BCUT2D eigenvalue weighted by Crippen LogP contribution is 2.35. The number of aryl methyl sites for hydroxylation is 2. The maximum atomic E-state index is 12.6. The maximum absolute atomic E-state index is 12.6. The van der Waals surface area contributed by atoms with E-state index in [1.165, 1.54) is 12.0 Å². The summed E-state index contributed by atoms with van der Waals surface area (Å²) in [5.41, 5.74) is 2.21. The van der Waals surface area contributed by atoms with Gasteiger partial charge in [0.1, 0.15) is 5.75 Å². The van der Waals surface area contributed by atoms with E-state index in [0.29, 0.717) is 22.4 Å². The molecule has 0 fully saturated rings. The van der Waals surface area contributed by atoms with Gasteiger partial charge < -0.3 is 14.8 Å². The molecule has 1 aliphatic rings. The van der Waals surface area contributed by atoms with Crippen LogP contribution in [0.15, 0.2) is 36.1 Å². The second-order valence-electron chi connectivity index (χ2n) is 6.13. The Morgan fingerprint density at radius 1 is 1.33 bits per heavy atom. The SMILES string of the molecule is C=CCN1C(=O)N[C@H](c2cc(C)c(OC(F)F)c(C)c2)C(C(=O)OC)=C1C. The van der Waals surface area contributed by atoms with E-state index < -0.39 is 24.7 Å². The number of hydrogen-bond donors (Lipinski definition) is 1. The summed E-state index contributed by atoms with van der Waals surface area (Å²) in [5.74, 6) is -0.515. The first-order valence-corrected chi connectivity index (χ1v) is 8.25. The monoisotopic (exact) mass is 380 g/mol. The number of halogens is 2. The largest absolute Gasteiger partial charge is 0.466 e. The third kappa shape index (κ3) is 4.10. The molecule has 0 unspecified atom stereocenters. The van der Waals surface area contributed by atoms with E-state index in [0.717, 1.165) is 0 Å². The van der Waals surface area contributed by atoms with Gasteiger partial charge in [-0.25, -0.2) is 9.59 Å². The number of alkyl halides is 2. The second-order valence-corrected chi connectivity index (χ2v) is 6.13. The molecule has 2 amide bonds. The van der Waals surface area contributed by atoms with Gasteiger partial charge in [-0.1, -0.05) is 6.08 Å². The number of ether oxygens (including phenoxy) is 2. The predicted octanol–water partition coefficient (Wildman–Crippen LogP) is 3.60. The van der Waals surface area contributed by atoms with Gasteiger partial charge in [0, 0.05) is 12.2 Å². The number of carbonyl (C=O) groups excluding carboxylic acids is 2. The van der Waals surface area contributed by atoms with Crippen molar-refractivity contribution in [2.75, 3.05) is 13.7 Å². The van der Waals surface area contributed by atoms with E-state index in [9.17, 15) is 18.4 Å². The number of hydrogen-bond acceptors (Lipinski definition) is 4. The van der Waals surface area contributed by atoms with Crippen molar-refractivity contribution in [1.82, 2.24) is 10.2 Å². The molecule has 8 heteroatoms. The van der Waals surface area contributed by atoms with Crippen LogP contribution in [0.5, 0.6) is 5.75 Å². The molecule has 0 saturated carbocycles. The number of carbonyl (C=O) groups is 2. The van der Waals surface area contributed by atoms with Crippen LogP contribution in [0.4, 0.5) is 13.6 Å². The molecular weight excluding hydrogens is 358 g/mol. The third-order valence-electron chi connectivity index (χ3n) is 4.34. The average Bonchev–Trinajstić information content (AvgIpc) is 2.60. The van der Waals surface area contributed by atoms with E-state index in [2.05, 4.69) is 16.6 Å². The molecule has 0 saturated heterocycles.